The molecule has 0 radical (unpaired) electrons. The largest absolute Gasteiger partial charge is 0.396 e. The molecule has 2 aromatic rings. The average Bonchev–Trinajstić information content (AvgIpc) is 2.38. The third-order valence-electron chi connectivity index (χ3n) is 3.10. The molecule has 1 heterocycles. The highest BCUT2D eigenvalue weighted by Gasteiger charge is 2.09. The molecule has 0 spiro atoms. The van der Waals surface area contributed by atoms with Crippen LogP contribution in [0.1, 0.15) is 25.3 Å². The first kappa shape index (κ1) is 12.8. The van der Waals surface area contributed by atoms with E-state index in [0.29, 0.717) is 0 Å². The maximum absolute atomic E-state index is 9.03. The molecule has 0 amide bonds. The van der Waals surface area contributed by atoms with Crippen LogP contribution in [-0.4, -0.2) is 27.7 Å². The zero-order chi connectivity index (χ0) is 13.0. The molecule has 1 aromatic carbocycles. The standard InChI is InChI=1S/C14H19N3O/c1-3-11(6-7-18)17-14-12-8-10(2)4-5-13(12)15-9-16-14/h4-5,8-9,11,18H,3,6-7H2,1-2H3,(H,15,16,17). The Morgan fingerprint density at radius 1 is 1.33 bits per heavy atom. The topological polar surface area (TPSA) is 58.0 Å². The lowest BCUT2D eigenvalue weighted by Crippen LogP contribution is -2.20. The Morgan fingerprint density at radius 3 is 2.89 bits per heavy atom. The first-order valence-electron chi connectivity index (χ1n) is 6.33. The minimum Gasteiger partial charge on any atom is -0.396 e. The van der Waals surface area contributed by atoms with Crippen LogP contribution in [0.2, 0.25) is 0 Å². The number of aryl methyl sites for hydroxylation is 1. The Kier molecular flexibility index (Phi) is 4.10. The van der Waals surface area contributed by atoms with E-state index in [9.17, 15) is 0 Å². The van der Waals surface area contributed by atoms with Crippen molar-refractivity contribution in [3.05, 3.63) is 30.1 Å². The number of hydrogen-bond acceptors (Lipinski definition) is 4. The van der Waals surface area contributed by atoms with Crippen molar-refractivity contribution in [1.82, 2.24) is 9.97 Å². The van der Waals surface area contributed by atoms with Crippen LogP contribution in [0.5, 0.6) is 0 Å². The molecule has 4 nitrogen and oxygen atoms in total. The predicted molar refractivity (Wildman–Crippen MR) is 73.7 cm³/mol. The normalized spacial score (nSPS) is 12.6. The zero-order valence-corrected chi connectivity index (χ0v) is 10.8. The maximum atomic E-state index is 9.03. The number of anilines is 1. The lowest BCUT2D eigenvalue weighted by Gasteiger charge is -2.17. The van der Waals surface area contributed by atoms with E-state index in [1.165, 1.54) is 5.56 Å². The highest BCUT2D eigenvalue weighted by molar-refractivity contribution is 5.89. The van der Waals surface area contributed by atoms with Gasteiger partial charge in [-0.3, -0.25) is 0 Å². The number of aromatic nitrogens is 2. The van der Waals surface area contributed by atoms with Crippen LogP contribution in [0.3, 0.4) is 0 Å². The Hall–Kier alpha value is -1.68. The van der Waals surface area contributed by atoms with E-state index < -0.39 is 0 Å². The van der Waals surface area contributed by atoms with Crippen molar-refractivity contribution in [2.45, 2.75) is 32.7 Å². The van der Waals surface area contributed by atoms with Crippen molar-refractivity contribution in [2.24, 2.45) is 0 Å². The molecule has 4 heteroatoms. The Balaban J connectivity index is 2.34. The molecule has 0 fully saturated rings. The van der Waals surface area contributed by atoms with Gasteiger partial charge in [0.15, 0.2) is 0 Å². The van der Waals surface area contributed by atoms with Crippen LogP contribution in [0.25, 0.3) is 10.9 Å². The molecule has 2 rings (SSSR count). The summed E-state index contributed by atoms with van der Waals surface area (Å²) in [6.45, 7) is 4.34. The molecule has 1 atom stereocenters. The van der Waals surface area contributed by atoms with Gasteiger partial charge >= 0.3 is 0 Å². The van der Waals surface area contributed by atoms with Crippen LogP contribution in [0.15, 0.2) is 24.5 Å². The second-order valence-electron chi connectivity index (χ2n) is 4.50. The van der Waals surface area contributed by atoms with E-state index in [0.717, 1.165) is 29.6 Å². The molecule has 18 heavy (non-hydrogen) atoms. The highest BCUT2D eigenvalue weighted by Crippen LogP contribution is 2.21. The Bertz CT molecular complexity index is 527. The minimum absolute atomic E-state index is 0.188. The zero-order valence-electron chi connectivity index (χ0n) is 10.8. The number of aliphatic hydroxyl groups excluding tert-OH is 1. The average molecular weight is 245 g/mol. The van der Waals surface area contributed by atoms with Gasteiger partial charge in [0.2, 0.25) is 0 Å². The van der Waals surface area contributed by atoms with Gasteiger partial charge in [-0.05, 0) is 31.9 Å². The monoisotopic (exact) mass is 245 g/mol. The van der Waals surface area contributed by atoms with Crippen LogP contribution in [-0.2, 0) is 0 Å². The van der Waals surface area contributed by atoms with Gasteiger partial charge in [0, 0.05) is 18.0 Å². The summed E-state index contributed by atoms with van der Waals surface area (Å²) in [7, 11) is 0. The van der Waals surface area contributed by atoms with Crippen molar-refractivity contribution < 1.29 is 5.11 Å². The molecule has 2 N–H and O–H groups in total. The summed E-state index contributed by atoms with van der Waals surface area (Å²) < 4.78 is 0. The fourth-order valence-corrected chi connectivity index (χ4v) is 2.01. The second kappa shape index (κ2) is 5.78. The van der Waals surface area contributed by atoms with Crippen molar-refractivity contribution in [2.75, 3.05) is 11.9 Å². The van der Waals surface area contributed by atoms with Gasteiger partial charge in [0.25, 0.3) is 0 Å². The summed E-state index contributed by atoms with van der Waals surface area (Å²) in [5.74, 6) is 0.851. The van der Waals surface area contributed by atoms with Crippen molar-refractivity contribution in [3.8, 4) is 0 Å². The maximum Gasteiger partial charge on any atom is 0.137 e. The lowest BCUT2D eigenvalue weighted by atomic mass is 10.1. The summed E-state index contributed by atoms with van der Waals surface area (Å²) in [5.41, 5.74) is 2.13. The SMILES string of the molecule is CCC(CCO)Nc1ncnc2ccc(C)cc12. The second-order valence-corrected chi connectivity index (χ2v) is 4.50. The number of rotatable bonds is 5. The smallest absolute Gasteiger partial charge is 0.137 e. The van der Waals surface area contributed by atoms with Gasteiger partial charge in [-0.15, -0.1) is 0 Å². The summed E-state index contributed by atoms with van der Waals surface area (Å²) in [5, 5.41) is 13.5. The van der Waals surface area contributed by atoms with Crippen LogP contribution < -0.4 is 5.32 Å². The molecule has 0 aliphatic heterocycles. The van der Waals surface area contributed by atoms with E-state index in [2.05, 4.69) is 35.2 Å². The number of fused-ring (bicyclic) bond motifs is 1. The summed E-state index contributed by atoms with van der Waals surface area (Å²) in [4.78, 5) is 8.58. The molecular weight excluding hydrogens is 226 g/mol. The first-order chi connectivity index (χ1) is 8.74. The van der Waals surface area contributed by atoms with Gasteiger partial charge in [-0.2, -0.15) is 0 Å². The number of aliphatic hydroxyl groups is 1. The summed E-state index contributed by atoms with van der Waals surface area (Å²) in [6.07, 6.45) is 3.26. The lowest BCUT2D eigenvalue weighted by molar-refractivity contribution is 0.278. The van der Waals surface area contributed by atoms with Gasteiger partial charge in [0.1, 0.15) is 12.1 Å². The van der Waals surface area contributed by atoms with E-state index in [-0.39, 0.29) is 12.6 Å². The Labute approximate surface area is 107 Å². The van der Waals surface area contributed by atoms with Crippen molar-refractivity contribution in [3.63, 3.8) is 0 Å². The van der Waals surface area contributed by atoms with E-state index in [4.69, 9.17) is 5.11 Å². The Morgan fingerprint density at radius 2 is 2.17 bits per heavy atom. The van der Waals surface area contributed by atoms with Gasteiger partial charge < -0.3 is 10.4 Å². The molecule has 1 unspecified atom stereocenters. The number of nitrogens with one attached hydrogen (secondary N) is 1. The third kappa shape index (κ3) is 2.76. The fraction of sp³-hybridized carbons (Fsp3) is 0.429. The molecule has 0 saturated carbocycles. The molecule has 0 bridgehead atoms. The van der Waals surface area contributed by atoms with Gasteiger partial charge in [0.05, 0.1) is 5.52 Å². The molecule has 0 saturated heterocycles. The van der Waals surface area contributed by atoms with E-state index in [1.54, 1.807) is 6.33 Å². The molecule has 0 aliphatic carbocycles. The van der Waals surface area contributed by atoms with E-state index in [1.807, 2.05) is 12.1 Å². The van der Waals surface area contributed by atoms with Gasteiger partial charge in [-0.1, -0.05) is 18.6 Å². The quantitative estimate of drug-likeness (QED) is 0.849. The predicted octanol–water partition coefficient (Wildman–Crippen LogP) is 2.51. The number of benzene rings is 1. The van der Waals surface area contributed by atoms with Crippen LogP contribution >= 0.6 is 0 Å². The number of nitrogens with zero attached hydrogens (tertiary/aromatic N) is 2. The van der Waals surface area contributed by atoms with E-state index >= 15 is 0 Å². The summed E-state index contributed by atoms with van der Waals surface area (Å²) >= 11 is 0. The van der Waals surface area contributed by atoms with Crippen molar-refractivity contribution in [1.29, 1.82) is 0 Å². The van der Waals surface area contributed by atoms with Crippen LogP contribution in [0.4, 0.5) is 5.82 Å². The number of hydrogen-bond donors (Lipinski definition) is 2. The molecule has 0 aliphatic rings. The highest BCUT2D eigenvalue weighted by atomic mass is 16.3. The fourth-order valence-electron chi connectivity index (χ4n) is 2.01. The first-order valence-corrected chi connectivity index (χ1v) is 6.33. The molecule has 1 aromatic heterocycles. The third-order valence-corrected chi connectivity index (χ3v) is 3.10. The summed E-state index contributed by atoms with van der Waals surface area (Å²) in [6, 6.07) is 6.38. The van der Waals surface area contributed by atoms with Gasteiger partial charge in [-0.25, -0.2) is 9.97 Å². The molecular formula is C14H19N3O. The molecule has 96 valence electrons. The van der Waals surface area contributed by atoms with Crippen molar-refractivity contribution >= 4 is 16.7 Å². The minimum atomic E-state index is 0.188. The van der Waals surface area contributed by atoms with Crippen LogP contribution in [0, 0.1) is 6.92 Å².